The molecule has 0 bridgehead atoms. The summed E-state index contributed by atoms with van der Waals surface area (Å²) in [5.74, 6) is 0. The van der Waals surface area contributed by atoms with Crippen molar-refractivity contribution in [1.29, 1.82) is 0 Å². The maximum atomic E-state index is 12.6. The van der Waals surface area contributed by atoms with E-state index in [1.807, 2.05) is 17.7 Å². The van der Waals surface area contributed by atoms with Crippen molar-refractivity contribution in [2.75, 3.05) is 0 Å². The lowest BCUT2D eigenvalue weighted by atomic mass is 10.00. The number of benzene rings is 1. The van der Waals surface area contributed by atoms with Crippen LogP contribution in [-0.2, 0) is 10.0 Å². The van der Waals surface area contributed by atoms with E-state index in [1.165, 1.54) is 0 Å². The molecule has 1 aliphatic rings. The number of alkyl halides is 3. The van der Waals surface area contributed by atoms with Crippen LogP contribution in [0.3, 0.4) is 0 Å². The van der Waals surface area contributed by atoms with Gasteiger partial charge in [0.05, 0.1) is 0 Å². The first-order valence-corrected chi connectivity index (χ1v) is 8.95. The highest BCUT2D eigenvalue weighted by molar-refractivity contribution is 8.00. The van der Waals surface area contributed by atoms with Crippen molar-refractivity contribution in [3.8, 4) is 0 Å². The second-order valence-electron chi connectivity index (χ2n) is 4.92. The predicted octanol–water partition coefficient (Wildman–Crippen LogP) is 3.83. The molecule has 118 valence electrons. The molecule has 1 aromatic carbocycles. The third kappa shape index (κ3) is 3.73. The summed E-state index contributed by atoms with van der Waals surface area (Å²) < 4.78 is 62.2. The Hall–Kier alpha value is -0.730. The SMILES string of the molecule is CCC[C@H]1C[C@H](NS(=O)(=O)C(F)(F)F)c2ccccc2S1. The number of sulfonamides is 1. The maximum Gasteiger partial charge on any atom is 0.511 e. The van der Waals surface area contributed by atoms with Crippen molar-refractivity contribution < 1.29 is 21.6 Å². The summed E-state index contributed by atoms with van der Waals surface area (Å²) in [6.45, 7) is 2.00. The van der Waals surface area contributed by atoms with E-state index in [4.69, 9.17) is 0 Å². The van der Waals surface area contributed by atoms with Gasteiger partial charge in [0, 0.05) is 16.2 Å². The van der Waals surface area contributed by atoms with Gasteiger partial charge in [-0.25, -0.2) is 8.42 Å². The van der Waals surface area contributed by atoms with Crippen molar-refractivity contribution >= 4 is 21.8 Å². The zero-order valence-electron chi connectivity index (χ0n) is 11.4. The zero-order valence-corrected chi connectivity index (χ0v) is 13.0. The van der Waals surface area contributed by atoms with Crippen LogP contribution in [0.1, 0.15) is 37.8 Å². The van der Waals surface area contributed by atoms with Crippen LogP contribution < -0.4 is 4.72 Å². The van der Waals surface area contributed by atoms with Gasteiger partial charge in [-0.1, -0.05) is 31.5 Å². The van der Waals surface area contributed by atoms with E-state index >= 15 is 0 Å². The molecule has 8 heteroatoms. The molecule has 0 saturated heterocycles. The predicted molar refractivity (Wildman–Crippen MR) is 76.5 cm³/mol. The molecule has 0 aromatic heterocycles. The molecule has 0 spiro atoms. The lowest BCUT2D eigenvalue weighted by Gasteiger charge is -2.31. The molecule has 1 heterocycles. The van der Waals surface area contributed by atoms with Crippen molar-refractivity contribution in [2.45, 2.75) is 47.9 Å². The molecule has 0 aliphatic carbocycles. The molecule has 2 rings (SSSR count). The van der Waals surface area contributed by atoms with E-state index in [9.17, 15) is 21.6 Å². The van der Waals surface area contributed by atoms with Gasteiger partial charge in [-0.05, 0) is 24.5 Å². The number of nitrogens with one attached hydrogen (secondary N) is 1. The molecule has 0 saturated carbocycles. The van der Waals surface area contributed by atoms with Gasteiger partial charge in [0.25, 0.3) is 0 Å². The number of hydrogen-bond acceptors (Lipinski definition) is 3. The van der Waals surface area contributed by atoms with Crippen molar-refractivity contribution in [3.63, 3.8) is 0 Å². The normalized spacial score (nSPS) is 22.9. The Morgan fingerprint density at radius 3 is 2.62 bits per heavy atom. The average molecular weight is 339 g/mol. The van der Waals surface area contributed by atoms with Crippen LogP contribution in [0.25, 0.3) is 0 Å². The fourth-order valence-electron chi connectivity index (χ4n) is 2.36. The zero-order chi connectivity index (χ0) is 15.7. The van der Waals surface area contributed by atoms with E-state index in [0.717, 1.165) is 17.7 Å². The largest absolute Gasteiger partial charge is 0.511 e. The standard InChI is InChI=1S/C13H16F3NO2S2/c1-2-5-9-8-11(17-21(18,19)13(14,15)16)10-6-3-4-7-12(10)20-9/h3-4,6-7,9,11,17H,2,5,8H2,1H3/t9-,11-/m0/s1. The molecule has 0 radical (unpaired) electrons. The number of rotatable bonds is 4. The van der Waals surface area contributed by atoms with Gasteiger partial charge >= 0.3 is 15.5 Å². The Kier molecular flexibility index (Phi) is 4.89. The Morgan fingerprint density at radius 2 is 2.00 bits per heavy atom. The quantitative estimate of drug-likeness (QED) is 0.907. The van der Waals surface area contributed by atoms with Gasteiger partial charge in [-0.2, -0.15) is 17.9 Å². The van der Waals surface area contributed by atoms with E-state index in [1.54, 1.807) is 30.0 Å². The molecular formula is C13H16F3NO2S2. The summed E-state index contributed by atoms with van der Waals surface area (Å²) in [7, 11) is -5.34. The second kappa shape index (κ2) is 6.18. The minimum Gasteiger partial charge on any atom is -0.203 e. The molecule has 1 aliphatic heterocycles. The van der Waals surface area contributed by atoms with Crippen LogP contribution in [0.4, 0.5) is 13.2 Å². The Morgan fingerprint density at radius 1 is 1.33 bits per heavy atom. The summed E-state index contributed by atoms with van der Waals surface area (Å²) in [6.07, 6.45) is 2.10. The van der Waals surface area contributed by atoms with Gasteiger partial charge in [0.15, 0.2) is 0 Å². The minimum absolute atomic E-state index is 0.117. The lowest BCUT2D eigenvalue weighted by Crippen LogP contribution is -2.40. The van der Waals surface area contributed by atoms with Gasteiger partial charge in [-0.3, -0.25) is 0 Å². The molecule has 0 fully saturated rings. The summed E-state index contributed by atoms with van der Waals surface area (Å²) in [6, 6.07) is 6.17. The average Bonchev–Trinajstić information content (AvgIpc) is 2.37. The van der Waals surface area contributed by atoms with Crippen LogP contribution in [0.2, 0.25) is 0 Å². The summed E-state index contributed by atoms with van der Waals surface area (Å²) >= 11 is 1.60. The molecule has 1 aromatic rings. The Bertz CT molecular complexity index is 602. The fourth-order valence-corrected chi connectivity index (χ4v) is 4.59. The van der Waals surface area contributed by atoms with E-state index in [0.29, 0.717) is 12.0 Å². The molecule has 3 nitrogen and oxygen atoms in total. The first-order valence-electron chi connectivity index (χ1n) is 6.58. The van der Waals surface area contributed by atoms with Crippen molar-refractivity contribution in [1.82, 2.24) is 4.72 Å². The second-order valence-corrected chi connectivity index (χ2v) is 7.97. The van der Waals surface area contributed by atoms with Crippen molar-refractivity contribution in [3.05, 3.63) is 29.8 Å². The van der Waals surface area contributed by atoms with E-state index in [2.05, 4.69) is 0 Å². The topological polar surface area (TPSA) is 46.2 Å². The molecular weight excluding hydrogens is 323 g/mol. The first-order chi connectivity index (χ1) is 9.74. The van der Waals surface area contributed by atoms with Crippen LogP contribution in [0.5, 0.6) is 0 Å². The number of thioether (sulfide) groups is 1. The van der Waals surface area contributed by atoms with E-state index in [-0.39, 0.29) is 5.25 Å². The van der Waals surface area contributed by atoms with Crippen LogP contribution in [0, 0.1) is 0 Å². The van der Waals surface area contributed by atoms with Gasteiger partial charge in [-0.15, -0.1) is 11.8 Å². The maximum absolute atomic E-state index is 12.6. The summed E-state index contributed by atoms with van der Waals surface area (Å²) in [5, 5.41) is 0.117. The highest BCUT2D eigenvalue weighted by Gasteiger charge is 2.47. The third-order valence-corrected chi connectivity index (χ3v) is 5.89. The summed E-state index contributed by atoms with van der Waals surface area (Å²) in [4.78, 5) is 0.845. The monoisotopic (exact) mass is 339 g/mol. The molecule has 0 unspecified atom stereocenters. The highest BCUT2D eigenvalue weighted by atomic mass is 32.2. The van der Waals surface area contributed by atoms with Crippen LogP contribution in [0.15, 0.2) is 29.2 Å². The van der Waals surface area contributed by atoms with Gasteiger partial charge < -0.3 is 0 Å². The summed E-state index contributed by atoms with van der Waals surface area (Å²) in [5.41, 5.74) is -4.67. The number of hydrogen-bond donors (Lipinski definition) is 1. The molecule has 2 atom stereocenters. The smallest absolute Gasteiger partial charge is 0.203 e. The Labute approximate surface area is 126 Å². The van der Waals surface area contributed by atoms with E-state index < -0.39 is 21.6 Å². The van der Waals surface area contributed by atoms with Gasteiger partial charge in [0.1, 0.15) is 0 Å². The molecule has 1 N–H and O–H groups in total. The number of halogens is 3. The minimum atomic E-state index is -5.34. The van der Waals surface area contributed by atoms with Crippen LogP contribution >= 0.6 is 11.8 Å². The fraction of sp³-hybridized carbons (Fsp3) is 0.538. The highest BCUT2D eigenvalue weighted by Crippen LogP contribution is 2.43. The molecule has 21 heavy (non-hydrogen) atoms. The molecule has 0 amide bonds. The Balaban J connectivity index is 2.30. The van der Waals surface area contributed by atoms with Crippen molar-refractivity contribution in [2.24, 2.45) is 0 Å². The third-order valence-electron chi connectivity index (χ3n) is 3.30. The lowest BCUT2D eigenvalue weighted by molar-refractivity contribution is -0.0451. The van der Waals surface area contributed by atoms with Crippen LogP contribution in [-0.4, -0.2) is 19.2 Å². The first kappa shape index (κ1) is 16.6. The van der Waals surface area contributed by atoms with Gasteiger partial charge in [0.2, 0.25) is 0 Å². The number of fused-ring (bicyclic) bond motifs is 1.